The normalized spacial score (nSPS) is 14.1. The number of hydrogen-bond acceptors (Lipinski definition) is 4. The summed E-state index contributed by atoms with van der Waals surface area (Å²) in [6.07, 6.45) is 1.86. The molecule has 0 bridgehead atoms. The van der Waals surface area contributed by atoms with Crippen LogP contribution in [0.5, 0.6) is 0 Å². The maximum Gasteiger partial charge on any atom is 0.261 e. The highest BCUT2D eigenvalue weighted by molar-refractivity contribution is 7.92. The molecule has 1 N–H and O–H groups in total. The second kappa shape index (κ2) is 8.10. The summed E-state index contributed by atoms with van der Waals surface area (Å²) >= 11 is 0. The van der Waals surface area contributed by atoms with Crippen LogP contribution in [0.25, 0.3) is 0 Å². The first-order valence-corrected chi connectivity index (χ1v) is 10.5. The van der Waals surface area contributed by atoms with E-state index in [-0.39, 0.29) is 10.8 Å². The highest BCUT2D eigenvalue weighted by atomic mass is 32.2. The van der Waals surface area contributed by atoms with Crippen LogP contribution in [0.1, 0.15) is 24.5 Å². The van der Waals surface area contributed by atoms with E-state index in [4.69, 9.17) is 4.74 Å². The zero-order chi connectivity index (χ0) is 19.4. The monoisotopic (exact) mass is 388 g/mol. The van der Waals surface area contributed by atoms with Crippen LogP contribution >= 0.6 is 0 Å². The van der Waals surface area contributed by atoms with E-state index < -0.39 is 10.0 Å². The van der Waals surface area contributed by atoms with Crippen molar-refractivity contribution in [2.75, 3.05) is 29.9 Å². The molecule has 0 fully saturated rings. The number of sulfonamides is 1. The number of aryl methyl sites for hydroxylation is 2. The molecule has 0 radical (unpaired) electrons. The van der Waals surface area contributed by atoms with E-state index >= 15 is 0 Å². The zero-order valence-corrected chi connectivity index (χ0v) is 16.4. The summed E-state index contributed by atoms with van der Waals surface area (Å²) in [5, 5.41) is 0. The first-order valence-electron chi connectivity index (χ1n) is 8.98. The number of hydrogen-bond donors (Lipinski definition) is 1. The highest BCUT2D eigenvalue weighted by Gasteiger charge is 2.24. The van der Waals surface area contributed by atoms with Crippen LogP contribution in [0, 0.1) is 0 Å². The second-order valence-electron chi connectivity index (χ2n) is 6.48. The van der Waals surface area contributed by atoms with E-state index in [0.717, 1.165) is 23.2 Å². The summed E-state index contributed by atoms with van der Waals surface area (Å²) in [6.45, 7) is 2.96. The van der Waals surface area contributed by atoms with Gasteiger partial charge in [0.2, 0.25) is 5.91 Å². The third kappa shape index (κ3) is 4.31. The molecular weight excluding hydrogens is 364 g/mol. The summed E-state index contributed by atoms with van der Waals surface area (Å²) in [6, 6.07) is 12.2. The number of ether oxygens (including phenoxy) is 1. The molecule has 0 aliphatic carbocycles. The van der Waals surface area contributed by atoms with Crippen LogP contribution in [0.15, 0.2) is 47.4 Å². The average Bonchev–Trinajstić information content (AvgIpc) is 2.67. The Morgan fingerprint density at radius 2 is 1.85 bits per heavy atom. The predicted octanol–water partition coefficient (Wildman–Crippen LogP) is 2.98. The Bertz CT molecular complexity index is 923. The van der Waals surface area contributed by atoms with Crippen molar-refractivity contribution in [3.05, 3.63) is 53.6 Å². The largest absolute Gasteiger partial charge is 0.383 e. The molecule has 2 aromatic carbocycles. The smallest absolute Gasteiger partial charge is 0.261 e. The van der Waals surface area contributed by atoms with Gasteiger partial charge in [0.25, 0.3) is 10.0 Å². The zero-order valence-electron chi connectivity index (χ0n) is 15.6. The fraction of sp³-hybridized carbons (Fsp3) is 0.350. The van der Waals surface area contributed by atoms with Gasteiger partial charge >= 0.3 is 0 Å². The number of nitrogens with zero attached hydrogens (tertiary/aromatic N) is 1. The maximum atomic E-state index is 12.6. The predicted molar refractivity (Wildman–Crippen MR) is 106 cm³/mol. The number of methoxy groups -OCH3 is 1. The van der Waals surface area contributed by atoms with Crippen molar-refractivity contribution in [3.63, 3.8) is 0 Å². The number of anilines is 2. The lowest BCUT2D eigenvalue weighted by atomic mass is 10.0. The molecule has 6 nitrogen and oxygen atoms in total. The van der Waals surface area contributed by atoms with Gasteiger partial charge in [-0.3, -0.25) is 9.52 Å². The molecular formula is C20H24N2O4S. The van der Waals surface area contributed by atoms with Crippen molar-refractivity contribution in [2.45, 2.75) is 31.1 Å². The van der Waals surface area contributed by atoms with E-state index in [0.29, 0.717) is 31.7 Å². The quantitative estimate of drug-likeness (QED) is 0.791. The first kappa shape index (κ1) is 19.4. The molecule has 7 heteroatoms. The summed E-state index contributed by atoms with van der Waals surface area (Å²) < 4.78 is 33.0. The average molecular weight is 388 g/mol. The van der Waals surface area contributed by atoms with Crippen molar-refractivity contribution in [2.24, 2.45) is 0 Å². The summed E-state index contributed by atoms with van der Waals surface area (Å²) in [5.41, 5.74) is 3.35. The van der Waals surface area contributed by atoms with Crippen LogP contribution in [-0.4, -0.2) is 34.6 Å². The van der Waals surface area contributed by atoms with Crippen LogP contribution in [-0.2, 0) is 32.4 Å². The van der Waals surface area contributed by atoms with E-state index in [1.165, 1.54) is 0 Å². The van der Waals surface area contributed by atoms with Gasteiger partial charge in [0, 0.05) is 31.5 Å². The molecule has 1 amide bonds. The standard InChI is InChI=1S/C20H24N2O4S/c1-3-15-4-8-18(9-5-15)27(24,25)21-17-7-10-19-16(14-17)6-11-20(23)22(19)12-13-26-2/h4-5,7-10,14,21H,3,6,11-13H2,1-2H3. The minimum atomic E-state index is -3.65. The molecule has 1 aliphatic rings. The number of rotatable bonds is 7. The molecule has 1 aliphatic heterocycles. The molecule has 2 aromatic rings. The molecule has 0 saturated carbocycles. The van der Waals surface area contributed by atoms with Crippen molar-refractivity contribution < 1.29 is 17.9 Å². The minimum absolute atomic E-state index is 0.0592. The van der Waals surface area contributed by atoms with Crippen LogP contribution in [0.3, 0.4) is 0 Å². The fourth-order valence-electron chi connectivity index (χ4n) is 3.17. The summed E-state index contributed by atoms with van der Waals surface area (Å²) in [5.74, 6) is 0.0592. The molecule has 1 heterocycles. The maximum absolute atomic E-state index is 12.6. The Labute approximate surface area is 160 Å². The van der Waals surface area contributed by atoms with Gasteiger partial charge in [-0.2, -0.15) is 0 Å². The lowest BCUT2D eigenvalue weighted by Gasteiger charge is -2.29. The Morgan fingerprint density at radius 1 is 1.11 bits per heavy atom. The van der Waals surface area contributed by atoms with Crippen molar-refractivity contribution >= 4 is 27.3 Å². The van der Waals surface area contributed by atoms with Gasteiger partial charge in [0.15, 0.2) is 0 Å². The third-order valence-electron chi connectivity index (χ3n) is 4.69. The lowest BCUT2D eigenvalue weighted by Crippen LogP contribution is -2.37. The fourth-order valence-corrected chi connectivity index (χ4v) is 4.22. The number of amides is 1. The topological polar surface area (TPSA) is 75.7 Å². The molecule has 3 rings (SSSR count). The molecule has 0 aromatic heterocycles. The molecule has 0 spiro atoms. The summed E-state index contributed by atoms with van der Waals surface area (Å²) in [4.78, 5) is 14.1. The third-order valence-corrected chi connectivity index (χ3v) is 6.09. The SMILES string of the molecule is CCc1ccc(S(=O)(=O)Nc2ccc3c(c2)CCC(=O)N3CCOC)cc1. The van der Waals surface area contributed by atoms with E-state index in [1.807, 2.05) is 19.1 Å². The minimum Gasteiger partial charge on any atom is -0.383 e. The Kier molecular flexibility index (Phi) is 5.82. The number of fused-ring (bicyclic) bond motifs is 1. The Hall–Kier alpha value is -2.38. The molecule has 0 atom stereocenters. The van der Waals surface area contributed by atoms with Gasteiger partial charge in [0.05, 0.1) is 11.5 Å². The van der Waals surface area contributed by atoms with Gasteiger partial charge in [-0.1, -0.05) is 19.1 Å². The van der Waals surface area contributed by atoms with E-state index in [9.17, 15) is 13.2 Å². The van der Waals surface area contributed by atoms with Gasteiger partial charge < -0.3 is 9.64 Å². The molecule has 0 unspecified atom stereocenters. The van der Waals surface area contributed by atoms with Crippen LogP contribution in [0.2, 0.25) is 0 Å². The lowest BCUT2D eigenvalue weighted by molar-refractivity contribution is -0.119. The molecule has 144 valence electrons. The van der Waals surface area contributed by atoms with Crippen molar-refractivity contribution in [3.8, 4) is 0 Å². The number of nitrogens with one attached hydrogen (secondary N) is 1. The van der Waals surface area contributed by atoms with Crippen molar-refractivity contribution in [1.82, 2.24) is 0 Å². The van der Waals surface area contributed by atoms with Crippen LogP contribution < -0.4 is 9.62 Å². The molecule has 27 heavy (non-hydrogen) atoms. The summed E-state index contributed by atoms with van der Waals surface area (Å²) in [7, 11) is -2.06. The highest BCUT2D eigenvalue weighted by Crippen LogP contribution is 2.31. The Balaban J connectivity index is 1.83. The van der Waals surface area contributed by atoms with Gasteiger partial charge in [-0.15, -0.1) is 0 Å². The number of carbonyl (C=O) groups is 1. The van der Waals surface area contributed by atoms with Gasteiger partial charge in [-0.05, 0) is 54.3 Å². The first-order chi connectivity index (χ1) is 12.9. The second-order valence-corrected chi connectivity index (χ2v) is 8.17. The van der Waals surface area contributed by atoms with Crippen molar-refractivity contribution in [1.29, 1.82) is 0 Å². The van der Waals surface area contributed by atoms with E-state index in [2.05, 4.69) is 4.72 Å². The van der Waals surface area contributed by atoms with Gasteiger partial charge in [0.1, 0.15) is 0 Å². The number of carbonyl (C=O) groups excluding carboxylic acids is 1. The molecule has 0 saturated heterocycles. The Morgan fingerprint density at radius 3 is 2.52 bits per heavy atom. The van der Waals surface area contributed by atoms with Gasteiger partial charge in [-0.25, -0.2) is 8.42 Å². The van der Waals surface area contributed by atoms with E-state index in [1.54, 1.807) is 42.3 Å². The number of benzene rings is 2. The van der Waals surface area contributed by atoms with Crippen LogP contribution in [0.4, 0.5) is 11.4 Å².